The van der Waals surface area contributed by atoms with Crippen LogP contribution in [0.4, 0.5) is 0 Å². The fraction of sp³-hybridized carbons (Fsp3) is 0.714. The smallest absolute Gasteiger partial charge is 0.239 e. The van der Waals surface area contributed by atoms with Crippen molar-refractivity contribution in [2.75, 3.05) is 13.1 Å². The van der Waals surface area contributed by atoms with E-state index in [1.165, 1.54) is 31.3 Å². The van der Waals surface area contributed by atoms with Crippen LogP contribution in [0.5, 0.6) is 0 Å². The van der Waals surface area contributed by atoms with E-state index in [1.807, 2.05) is 0 Å². The zero-order chi connectivity index (χ0) is 12.8. The molecule has 2 rings (SSSR count). The zero-order valence-electron chi connectivity index (χ0n) is 10.8. The van der Waals surface area contributed by atoms with Crippen LogP contribution in [0.2, 0.25) is 0 Å². The first kappa shape index (κ1) is 13.1. The number of carbonyl (C=O) groups excluding carboxylic acids is 2. The molecule has 0 atom stereocenters. The van der Waals surface area contributed by atoms with E-state index in [9.17, 15) is 9.59 Å². The minimum Gasteiger partial charge on any atom is -0.354 e. The second-order valence-corrected chi connectivity index (χ2v) is 5.20. The van der Waals surface area contributed by atoms with Gasteiger partial charge in [-0.1, -0.05) is 11.6 Å². The van der Waals surface area contributed by atoms with E-state index < -0.39 is 0 Å². The molecule has 1 saturated carbocycles. The summed E-state index contributed by atoms with van der Waals surface area (Å²) in [4.78, 5) is 22.8. The van der Waals surface area contributed by atoms with Crippen LogP contribution in [0.15, 0.2) is 11.6 Å². The molecule has 0 aliphatic heterocycles. The van der Waals surface area contributed by atoms with Crippen LogP contribution < -0.4 is 10.6 Å². The molecule has 2 amide bonds. The minimum absolute atomic E-state index is 0.0279. The van der Waals surface area contributed by atoms with Crippen LogP contribution in [0, 0.1) is 5.92 Å². The van der Waals surface area contributed by atoms with Crippen molar-refractivity contribution in [1.82, 2.24) is 10.6 Å². The number of carbonyl (C=O) groups is 2. The molecule has 2 aliphatic carbocycles. The lowest BCUT2D eigenvalue weighted by Gasteiger charge is -2.13. The summed E-state index contributed by atoms with van der Waals surface area (Å²) < 4.78 is 0. The van der Waals surface area contributed by atoms with Crippen LogP contribution in [-0.4, -0.2) is 24.9 Å². The lowest BCUT2D eigenvalue weighted by molar-refractivity contribution is -0.126. The van der Waals surface area contributed by atoms with E-state index in [0.717, 1.165) is 19.3 Å². The summed E-state index contributed by atoms with van der Waals surface area (Å²) in [5, 5.41) is 5.52. The number of rotatable bonds is 6. The molecule has 0 saturated heterocycles. The summed E-state index contributed by atoms with van der Waals surface area (Å²) in [5.74, 6) is 0.116. The zero-order valence-corrected chi connectivity index (χ0v) is 10.8. The Bertz CT molecular complexity index is 346. The lowest BCUT2D eigenvalue weighted by Crippen LogP contribution is -2.37. The molecule has 0 bridgehead atoms. The van der Waals surface area contributed by atoms with E-state index in [-0.39, 0.29) is 24.3 Å². The maximum atomic E-state index is 11.5. The van der Waals surface area contributed by atoms with Gasteiger partial charge in [0.15, 0.2) is 0 Å². The first-order chi connectivity index (χ1) is 8.75. The van der Waals surface area contributed by atoms with Gasteiger partial charge in [0, 0.05) is 12.5 Å². The Morgan fingerprint density at radius 1 is 1.22 bits per heavy atom. The molecule has 4 nitrogen and oxygen atoms in total. The summed E-state index contributed by atoms with van der Waals surface area (Å²) in [6.45, 7) is 0.804. The molecular formula is C14H22N2O2. The maximum Gasteiger partial charge on any atom is 0.239 e. The predicted molar refractivity (Wildman–Crippen MR) is 69.9 cm³/mol. The number of hydrogen-bond acceptors (Lipinski definition) is 2. The predicted octanol–water partition coefficient (Wildman–Crippen LogP) is 1.52. The highest BCUT2D eigenvalue weighted by Gasteiger charge is 2.29. The SMILES string of the molecule is O=C(CNC(=O)C1CC1)NCCC1=CCCCC1. The number of amides is 2. The van der Waals surface area contributed by atoms with Crippen LogP contribution in [0.3, 0.4) is 0 Å². The summed E-state index contributed by atoms with van der Waals surface area (Å²) in [6, 6.07) is 0. The highest BCUT2D eigenvalue weighted by Crippen LogP contribution is 2.28. The Labute approximate surface area is 108 Å². The molecular weight excluding hydrogens is 228 g/mol. The fourth-order valence-electron chi connectivity index (χ4n) is 2.21. The van der Waals surface area contributed by atoms with Gasteiger partial charge < -0.3 is 10.6 Å². The van der Waals surface area contributed by atoms with Crippen LogP contribution >= 0.6 is 0 Å². The normalized spacial score (nSPS) is 19.0. The first-order valence-electron chi connectivity index (χ1n) is 6.98. The third kappa shape index (κ3) is 4.51. The van der Waals surface area contributed by atoms with Gasteiger partial charge in [0.05, 0.1) is 6.54 Å². The van der Waals surface area contributed by atoms with Crippen molar-refractivity contribution in [3.8, 4) is 0 Å². The molecule has 0 heterocycles. The average molecular weight is 250 g/mol. The Balaban J connectivity index is 1.53. The van der Waals surface area contributed by atoms with Gasteiger partial charge >= 0.3 is 0 Å². The van der Waals surface area contributed by atoms with Crippen molar-refractivity contribution < 1.29 is 9.59 Å². The number of allylic oxidation sites excluding steroid dienone is 1. The van der Waals surface area contributed by atoms with Gasteiger partial charge in [-0.25, -0.2) is 0 Å². The monoisotopic (exact) mass is 250 g/mol. The standard InChI is InChI=1S/C14H22N2O2/c17-13(10-16-14(18)12-6-7-12)15-9-8-11-4-2-1-3-5-11/h4,12H,1-3,5-10H2,(H,15,17)(H,16,18). The number of nitrogens with one attached hydrogen (secondary N) is 2. The molecule has 18 heavy (non-hydrogen) atoms. The molecule has 4 heteroatoms. The first-order valence-corrected chi connectivity index (χ1v) is 6.98. The van der Waals surface area contributed by atoms with Crippen molar-refractivity contribution in [2.45, 2.75) is 44.9 Å². The third-order valence-electron chi connectivity index (χ3n) is 3.52. The van der Waals surface area contributed by atoms with E-state index >= 15 is 0 Å². The molecule has 0 aromatic carbocycles. The Hall–Kier alpha value is -1.32. The van der Waals surface area contributed by atoms with Gasteiger partial charge in [-0.3, -0.25) is 9.59 Å². The van der Waals surface area contributed by atoms with Crippen LogP contribution in [0.25, 0.3) is 0 Å². The van der Waals surface area contributed by atoms with Gasteiger partial charge in [0.1, 0.15) is 0 Å². The molecule has 2 aliphatic rings. The Morgan fingerprint density at radius 3 is 2.72 bits per heavy atom. The van der Waals surface area contributed by atoms with Gasteiger partial charge in [0.2, 0.25) is 11.8 Å². The second-order valence-electron chi connectivity index (χ2n) is 5.20. The quantitative estimate of drug-likeness (QED) is 0.702. The summed E-state index contributed by atoms with van der Waals surface area (Å²) in [6.07, 6.45) is 10.1. The van der Waals surface area contributed by atoms with Crippen LogP contribution in [0.1, 0.15) is 44.9 Å². The molecule has 1 fully saturated rings. The van der Waals surface area contributed by atoms with E-state index in [2.05, 4.69) is 16.7 Å². The highest BCUT2D eigenvalue weighted by atomic mass is 16.2. The van der Waals surface area contributed by atoms with Crippen molar-refractivity contribution in [2.24, 2.45) is 5.92 Å². The molecule has 0 aromatic heterocycles. The van der Waals surface area contributed by atoms with Crippen LogP contribution in [-0.2, 0) is 9.59 Å². The van der Waals surface area contributed by atoms with Crippen molar-refractivity contribution in [3.05, 3.63) is 11.6 Å². The molecule has 2 N–H and O–H groups in total. The molecule has 0 aromatic rings. The molecule has 0 spiro atoms. The Kier molecular flexibility index (Phi) is 4.79. The molecule has 100 valence electrons. The third-order valence-corrected chi connectivity index (χ3v) is 3.52. The second kappa shape index (κ2) is 6.57. The highest BCUT2D eigenvalue weighted by molar-refractivity contribution is 5.86. The molecule has 0 unspecified atom stereocenters. The van der Waals surface area contributed by atoms with E-state index in [0.29, 0.717) is 6.54 Å². The van der Waals surface area contributed by atoms with Crippen molar-refractivity contribution in [3.63, 3.8) is 0 Å². The van der Waals surface area contributed by atoms with Gasteiger partial charge in [0.25, 0.3) is 0 Å². The van der Waals surface area contributed by atoms with Gasteiger partial charge in [-0.2, -0.15) is 0 Å². The lowest BCUT2D eigenvalue weighted by atomic mass is 9.97. The minimum atomic E-state index is -0.0830. The van der Waals surface area contributed by atoms with Gasteiger partial charge in [-0.15, -0.1) is 0 Å². The fourth-order valence-corrected chi connectivity index (χ4v) is 2.21. The average Bonchev–Trinajstić information content (AvgIpc) is 3.21. The Morgan fingerprint density at radius 2 is 2.06 bits per heavy atom. The topological polar surface area (TPSA) is 58.2 Å². The largest absolute Gasteiger partial charge is 0.354 e. The van der Waals surface area contributed by atoms with Crippen molar-refractivity contribution >= 4 is 11.8 Å². The summed E-state index contributed by atoms with van der Waals surface area (Å²) in [7, 11) is 0. The van der Waals surface area contributed by atoms with Crippen molar-refractivity contribution in [1.29, 1.82) is 0 Å². The van der Waals surface area contributed by atoms with E-state index in [4.69, 9.17) is 0 Å². The van der Waals surface area contributed by atoms with Gasteiger partial charge in [-0.05, 0) is 44.9 Å². The molecule has 0 radical (unpaired) electrons. The summed E-state index contributed by atoms with van der Waals surface area (Å²) >= 11 is 0. The maximum absolute atomic E-state index is 11.5. The number of hydrogen-bond donors (Lipinski definition) is 2. The van der Waals surface area contributed by atoms with E-state index in [1.54, 1.807) is 0 Å². The summed E-state index contributed by atoms with van der Waals surface area (Å²) in [5.41, 5.74) is 1.46.